The molecule has 0 fully saturated rings. The van der Waals surface area contributed by atoms with E-state index in [1.54, 1.807) is 6.92 Å². The van der Waals surface area contributed by atoms with E-state index < -0.39 is 0 Å². The van der Waals surface area contributed by atoms with Crippen molar-refractivity contribution in [3.05, 3.63) is 11.1 Å². The number of halogens is 1. The Morgan fingerprint density at radius 2 is 2.33 bits per heavy atom. The molecule has 0 saturated heterocycles. The molecular weight excluding hydrogens is 140 g/mol. The first kappa shape index (κ1) is 8.50. The second-order valence-electron chi connectivity index (χ2n) is 1.71. The maximum absolute atomic E-state index is 10.5. The molecular formula is C6H9ClO2. The zero-order valence-corrected chi connectivity index (χ0v) is 6.23. The fourth-order valence-electron chi connectivity index (χ4n) is 0.338. The molecule has 0 aliphatic heterocycles. The third-order valence-corrected chi connectivity index (χ3v) is 1.21. The zero-order chi connectivity index (χ0) is 7.28. The minimum Gasteiger partial charge on any atom is -0.469 e. The average molecular weight is 149 g/mol. The van der Waals surface area contributed by atoms with Crippen molar-refractivity contribution in [2.24, 2.45) is 0 Å². The summed E-state index contributed by atoms with van der Waals surface area (Å²) in [5, 5.41) is 0. The van der Waals surface area contributed by atoms with Crippen molar-refractivity contribution in [2.45, 2.75) is 13.3 Å². The van der Waals surface area contributed by atoms with Gasteiger partial charge in [-0.3, -0.25) is 4.79 Å². The second-order valence-corrected chi connectivity index (χ2v) is 1.93. The number of esters is 1. The van der Waals surface area contributed by atoms with Crippen LogP contribution < -0.4 is 0 Å². The number of methoxy groups -OCH3 is 1. The van der Waals surface area contributed by atoms with Crippen LogP contribution in [-0.4, -0.2) is 13.1 Å². The van der Waals surface area contributed by atoms with Crippen LogP contribution in [0, 0.1) is 0 Å². The first-order chi connectivity index (χ1) is 4.20. The topological polar surface area (TPSA) is 26.3 Å². The lowest BCUT2D eigenvalue weighted by atomic mass is 10.2. The quantitative estimate of drug-likeness (QED) is 0.557. The summed E-state index contributed by atoms with van der Waals surface area (Å²) in [6, 6.07) is 0. The smallest absolute Gasteiger partial charge is 0.309 e. The van der Waals surface area contributed by atoms with Crippen LogP contribution in [0.4, 0.5) is 0 Å². The van der Waals surface area contributed by atoms with Crippen molar-refractivity contribution >= 4 is 17.6 Å². The molecule has 0 atom stereocenters. The molecule has 0 aromatic heterocycles. The Hall–Kier alpha value is -0.500. The fraction of sp³-hybridized carbons (Fsp3) is 0.500. The minimum absolute atomic E-state index is 0.260. The van der Waals surface area contributed by atoms with Gasteiger partial charge in [0.25, 0.3) is 0 Å². The van der Waals surface area contributed by atoms with Gasteiger partial charge in [0, 0.05) is 5.54 Å². The summed E-state index contributed by atoms with van der Waals surface area (Å²) in [7, 11) is 1.35. The van der Waals surface area contributed by atoms with E-state index in [4.69, 9.17) is 11.6 Å². The first-order valence-corrected chi connectivity index (χ1v) is 2.97. The maximum atomic E-state index is 10.5. The lowest BCUT2D eigenvalue weighted by Gasteiger charge is -1.95. The van der Waals surface area contributed by atoms with Crippen molar-refractivity contribution in [3.8, 4) is 0 Å². The predicted molar refractivity (Wildman–Crippen MR) is 36.2 cm³/mol. The molecule has 0 N–H and O–H groups in total. The number of ether oxygens (including phenoxy) is 1. The van der Waals surface area contributed by atoms with E-state index in [2.05, 4.69) is 4.74 Å². The van der Waals surface area contributed by atoms with E-state index in [0.29, 0.717) is 0 Å². The van der Waals surface area contributed by atoms with Gasteiger partial charge in [0.2, 0.25) is 0 Å². The summed E-state index contributed by atoms with van der Waals surface area (Å²) in [6.07, 6.45) is 0.278. The molecule has 0 amide bonds. The molecule has 3 heteroatoms. The Morgan fingerprint density at radius 3 is 2.67 bits per heavy atom. The van der Waals surface area contributed by atoms with Gasteiger partial charge in [0.1, 0.15) is 0 Å². The number of hydrogen-bond donors (Lipinski definition) is 0. The Labute approximate surface area is 59.5 Å². The monoisotopic (exact) mass is 148 g/mol. The molecule has 0 aliphatic carbocycles. The van der Waals surface area contributed by atoms with E-state index in [1.165, 1.54) is 12.6 Å². The van der Waals surface area contributed by atoms with E-state index in [-0.39, 0.29) is 12.4 Å². The molecule has 2 nitrogen and oxygen atoms in total. The summed E-state index contributed by atoms with van der Waals surface area (Å²) in [5.41, 5.74) is 2.18. The molecule has 0 saturated carbocycles. The van der Waals surface area contributed by atoms with Gasteiger partial charge in [-0.05, 0) is 6.92 Å². The molecule has 0 radical (unpaired) electrons. The van der Waals surface area contributed by atoms with Gasteiger partial charge in [0.15, 0.2) is 0 Å². The maximum Gasteiger partial charge on any atom is 0.309 e. The van der Waals surface area contributed by atoms with Crippen LogP contribution in [0.25, 0.3) is 0 Å². The van der Waals surface area contributed by atoms with Gasteiger partial charge >= 0.3 is 5.97 Å². The van der Waals surface area contributed by atoms with E-state index in [0.717, 1.165) is 5.57 Å². The van der Waals surface area contributed by atoms with Gasteiger partial charge in [-0.2, -0.15) is 0 Å². The Bertz CT molecular complexity index is 129. The van der Waals surface area contributed by atoms with Crippen LogP contribution in [-0.2, 0) is 9.53 Å². The van der Waals surface area contributed by atoms with Gasteiger partial charge in [0.05, 0.1) is 13.5 Å². The second kappa shape index (κ2) is 4.39. The first-order valence-electron chi connectivity index (χ1n) is 2.53. The normalized spacial score (nSPS) is 11.2. The summed E-state index contributed by atoms with van der Waals surface area (Å²) in [5.74, 6) is -0.260. The Morgan fingerprint density at radius 1 is 1.78 bits per heavy atom. The standard InChI is InChI=1S/C6H9ClO2/c1-5(4-7)3-6(8)9-2/h4H,3H2,1-2H3/b5-4-. The third-order valence-electron chi connectivity index (χ3n) is 0.837. The number of hydrogen-bond acceptors (Lipinski definition) is 2. The highest BCUT2D eigenvalue weighted by Crippen LogP contribution is 2.01. The van der Waals surface area contributed by atoms with Gasteiger partial charge < -0.3 is 4.74 Å². The van der Waals surface area contributed by atoms with Gasteiger partial charge in [-0.1, -0.05) is 17.2 Å². The lowest BCUT2D eigenvalue weighted by Crippen LogP contribution is -1.99. The fourth-order valence-corrected chi connectivity index (χ4v) is 0.416. The van der Waals surface area contributed by atoms with Crippen molar-refractivity contribution < 1.29 is 9.53 Å². The molecule has 0 aliphatic rings. The zero-order valence-electron chi connectivity index (χ0n) is 5.48. The van der Waals surface area contributed by atoms with Crippen LogP contribution in [0.15, 0.2) is 11.1 Å². The highest BCUT2D eigenvalue weighted by molar-refractivity contribution is 6.25. The summed E-state index contributed by atoms with van der Waals surface area (Å²) >= 11 is 5.28. The molecule has 9 heavy (non-hydrogen) atoms. The van der Waals surface area contributed by atoms with E-state index in [9.17, 15) is 4.79 Å². The largest absolute Gasteiger partial charge is 0.469 e. The van der Waals surface area contributed by atoms with E-state index >= 15 is 0 Å². The molecule has 0 aromatic carbocycles. The molecule has 0 spiro atoms. The van der Waals surface area contributed by atoms with E-state index in [1.807, 2.05) is 0 Å². The molecule has 0 bridgehead atoms. The Kier molecular flexibility index (Phi) is 4.14. The highest BCUT2D eigenvalue weighted by atomic mass is 35.5. The summed E-state index contributed by atoms with van der Waals surface area (Å²) in [6.45, 7) is 1.77. The Balaban J connectivity index is 3.60. The molecule has 0 aromatic rings. The SMILES string of the molecule is COC(=O)C/C(C)=C\Cl. The van der Waals surface area contributed by atoms with Crippen LogP contribution in [0.2, 0.25) is 0 Å². The number of rotatable bonds is 2. The van der Waals surface area contributed by atoms with Crippen molar-refractivity contribution in [1.82, 2.24) is 0 Å². The van der Waals surface area contributed by atoms with Crippen molar-refractivity contribution in [2.75, 3.05) is 7.11 Å². The van der Waals surface area contributed by atoms with Gasteiger partial charge in [-0.25, -0.2) is 0 Å². The van der Waals surface area contributed by atoms with Crippen LogP contribution in [0.1, 0.15) is 13.3 Å². The average Bonchev–Trinajstić information content (AvgIpc) is 1.87. The van der Waals surface area contributed by atoms with Crippen LogP contribution >= 0.6 is 11.6 Å². The highest BCUT2D eigenvalue weighted by Gasteiger charge is 1.98. The minimum atomic E-state index is -0.260. The molecule has 0 heterocycles. The van der Waals surface area contributed by atoms with Crippen molar-refractivity contribution in [1.29, 1.82) is 0 Å². The number of carbonyl (C=O) groups is 1. The summed E-state index contributed by atoms with van der Waals surface area (Å²) < 4.78 is 4.38. The lowest BCUT2D eigenvalue weighted by molar-refractivity contribution is -0.139. The van der Waals surface area contributed by atoms with Gasteiger partial charge in [-0.15, -0.1) is 0 Å². The third kappa shape index (κ3) is 4.03. The van der Waals surface area contributed by atoms with Crippen LogP contribution in [0.3, 0.4) is 0 Å². The summed E-state index contributed by atoms with van der Waals surface area (Å²) in [4.78, 5) is 10.5. The molecule has 0 unspecified atom stereocenters. The van der Waals surface area contributed by atoms with Crippen molar-refractivity contribution in [3.63, 3.8) is 0 Å². The predicted octanol–water partition coefficient (Wildman–Crippen LogP) is 1.69. The molecule has 52 valence electrons. The molecule has 0 rings (SSSR count). The van der Waals surface area contributed by atoms with Crippen LogP contribution in [0.5, 0.6) is 0 Å². The number of carbonyl (C=O) groups excluding carboxylic acids is 1.